The summed E-state index contributed by atoms with van der Waals surface area (Å²) in [6.07, 6.45) is 6.77. The van der Waals surface area contributed by atoms with Crippen LogP contribution in [-0.2, 0) is 19.1 Å². The van der Waals surface area contributed by atoms with Crippen LogP contribution in [0, 0.1) is 11.8 Å². The zero-order chi connectivity index (χ0) is 23.4. The molecule has 182 valence electrons. The number of nitrogens with zero attached hydrogens (tertiary/aromatic N) is 1. The average Bonchev–Trinajstić information content (AvgIpc) is 3.39. The van der Waals surface area contributed by atoms with Gasteiger partial charge >= 0.3 is 0 Å². The third-order valence-corrected chi connectivity index (χ3v) is 7.65. The molecule has 3 rings (SSSR count). The Balaban J connectivity index is 1.92. The molecule has 1 spiro atoms. The van der Waals surface area contributed by atoms with Crippen molar-refractivity contribution in [2.75, 3.05) is 26.2 Å². The number of nitrogens with one attached hydrogen (secondary N) is 2. The lowest BCUT2D eigenvalue weighted by molar-refractivity contribution is -0.147. The summed E-state index contributed by atoms with van der Waals surface area (Å²) in [7, 11) is 0. The molecule has 0 radical (unpaired) electrons. The van der Waals surface area contributed by atoms with E-state index in [1.165, 1.54) is 0 Å². The maximum atomic E-state index is 13.8. The van der Waals surface area contributed by atoms with E-state index in [0.29, 0.717) is 51.7 Å². The van der Waals surface area contributed by atoms with E-state index in [9.17, 15) is 14.4 Å². The monoisotopic (exact) mass is 451 g/mol. The zero-order valence-electron chi connectivity index (χ0n) is 20.0. The second-order valence-electron chi connectivity index (χ2n) is 9.58. The number of aliphatic hydroxyl groups excluding tert-OH is 1. The lowest BCUT2D eigenvalue weighted by atomic mass is 9.65. The van der Waals surface area contributed by atoms with Crippen molar-refractivity contribution in [1.82, 2.24) is 15.5 Å². The summed E-state index contributed by atoms with van der Waals surface area (Å²) >= 11 is 0. The number of unbranched alkanes of at least 4 members (excludes halogenated alkanes) is 3. The number of aliphatic hydroxyl groups is 1. The Morgan fingerprint density at radius 3 is 2.44 bits per heavy atom. The number of likely N-dealkylation sites (tertiary alicyclic amines) is 1. The van der Waals surface area contributed by atoms with Gasteiger partial charge in [-0.1, -0.05) is 27.2 Å². The van der Waals surface area contributed by atoms with Crippen molar-refractivity contribution >= 4 is 17.7 Å². The fraction of sp³-hybridized carbons (Fsp3) is 0.875. The topological polar surface area (TPSA) is 108 Å². The second kappa shape index (κ2) is 10.5. The zero-order valence-corrected chi connectivity index (χ0v) is 20.0. The molecule has 5 atom stereocenters. The molecule has 2 unspecified atom stereocenters. The van der Waals surface area contributed by atoms with E-state index in [0.717, 1.165) is 25.7 Å². The number of carbonyl (C=O) groups excluding carboxylic acids is 3. The van der Waals surface area contributed by atoms with Crippen molar-refractivity contribution in [2.45, 2.75) is 95.8 Å². The summed E-state index contributed by atoms with van der Waals surface area (Å²) in [4.78, 5) is 42.1. The van der Waals surface area contributed by atoms with Crippen molar-refractivity contribution in [3.63, 3.8) is 0 Å². The van der Waals surface area contributed by atoms with Crippen molar-refractivity contribution in [1.29, 1.82) is 0 Å². The number of amides is 3. The molecule has 3 N–H and O–H groups in total. The van der Waals surface area contributed by atoms with Gasteiger partial charge in [-0.15, -0.1) is 0 Å². The van der Waals surface area contributed by atoms with E-state index < -0.39 is 29.1 Å². The van der Waals surface area contributed by atoms with Gasteiger partial charge in [0.05, 0.1) is 17.4 Å². The Morgan fingerprint density at radius 1 is 1.03 bits per heavy atom. The Bertz CT molecular complexity index is 701. The van der Waals surface area contributed by atoms with Crippen LogP contribution in [0.15, 0.2) is 0 Å². The average molecular weight is 452 g/mol. The van der Waals surface area contributed by atoms with Crippen LogP contribution in [0.5, 0.6) is 0 Å². The van der Waals surface area contributed by atoms with E-state index in [1.807, 2.05) is 13.8 Å². The molecule has 0 aliphatic carbocycles. The largest absolute Gasteiger partial charge is 0.396 e. The Kier molecular flexibility index (Phi) is 8.20. The Morgan fingerprint density at radius 2 is 1.78 bits per heavy atom. The molecule has 32 heavy (non-hydrogen) atoms. The molecule has 3 fully saturated rings. The Labute approximate surface area is 191 Å². The highest BCUT2D eigenvalue weighted by Crippen LogP contribution is 2.64. The fourth-order valence-corrected chi connectivity index (χ4v) is 6.07. The molecule has 0 saturated carbocycles. The van der Waals surface area contributed by atoms with Gasteiger partial charge < -0.3 is 25.4 Å². The van der Waals surface area contributed by atoms with Gasteiger partial charge in [-0.3, -0.25) is 14.4 Å². The minimum absolute atomic E-state index is 0.114. The molecule has 8 heteroatoms. The molecular formula is C24H41N3O5. The van der Waals surface area contributed by atoms with Gasteiger partial charge in [0, 0.05) is 26.2 Å². The predicted molar refractivity (Wildman–Crippen MR) is 121 cm³/mol. The second-order valence-corrected chi connectivity index (χ2v) is 9.58. The maximum absolute atomic E-state index is 13.8. The summed E-state index contributed by atoms with van der Waals surface area (Å²) < 4.78 is 6.68. The van der Waals surface area contributed by atoms with Crippen LogP contribution >= 0.6 is 0 Å². The van der Waals surface area contributed by atoms with Gasteiger partial charge in [-0.05, 0) is 51.4 Å². The first kappa shape index (κ1) is 25.0. The van der Waals surface area contributed by atoms with Crippen LogP contribution < -0.4 is 10.6 Å². The molecule has 3 aliphatic rings. The summed E-state index contributed by atoms with van der Waals surface area (Å²) in [6.45, 7) is 7.76. The number of ether oxygens (including phenoxy) is 1. The van der Waals surface area contributed by atoms with E-state index in [-0.39, 0.29) is 24.3 Å². The lowest BCUT2D eigenvalue weighted by Crippen LogP contribution is -2.55. The van der Waals surface area contributed by atoms with Crippen LogP contribution in [0.2, 0.25) is 0 Å². The van der Waals surface area contributed by atoms with E-state index >= 15 is 0 Å². The van der Waals surface area contributed by atoms with Crippen LogP contribution in [0.1, 0.15) is 78.6 Å². The van der Waals surface area contributed by atoms with Crippen LogP contribution in [0.25, 0.3) is 0 Å². The first-order valence-electron chi connectivity index (χ1n) is 12.6. The van der Waals surface area contributed by atoms with E-state index in [2.05, 4.69) is 17.6 Å². The summed E-state index contributed by atoms with van der Waals surface area (Å²) in [5, 5.41) is 15.1. The molecule has 8 nitrogen and oxygen atoms in total. The van der Waals surface area contributed by atoms with E-state index in [1.54, 1.807) is 4.90 Å². The summed E-state index contributed by atoms with van der Waals surface area (Å²) in [5.74, 6) is -1.60. The minimum Gasteiger partial charge on any atom is -0.396 e. The number of hydrogen-bond donors (Lipinski definition) is 3. The molecular weight excluding hydrogens is 410 g/mol. The van der Waals surface area contributed by atoms with Gasteiger partial charge in [-0.2, -0.15) is 0 Å². The molecule has 3 heterocycles. The standard InChI is InChI=1S/C24H41N3O5/c1-4-7-14-26-21(30)19-24-12-11-23(6-3,32-24)17(20(29)25-13-5-2)18(24)22(31)27(19)15-9-8-10-16-28/h17-19,28H,4-16H2,1-3H3,(H,25,29)(H,26,30)/t17-,18-,19?,23+,24?/m0/s1. The summed E-state index contributed by atoms with van der Waals surface area (Å²) in [6, 6.07) is -0.705. The quantitative estimate of drug-likeness (QED) is 0.370. The fourth-order valence-electron chi connectivity index (χ4n) is 6.07. The number of rotatable bonds is 13. The van der Waals surface area contributed by atoms with E-state index in [4.69, 9.17) is 9.84 Å². The molecule has 3 aliphatic heterocycles. The van der Waals surface area contributed by atoms with Gasteiger partial charge in [0.25, 0.3) is 0 Å². The Hall–Kier alpha value is -1.67. The van der Waals surface area contributed by atoms with Crippen LogP contribution in [0.4, 0.5) is 0 Å². The number of fused-ring (bicyclic) bond motifs is 1. The first-order valence-corrected chi connectivity index (χ1v) is 12.6. The first-order chi connectivity index (χ1) is 15.4. The minimum atomic E-state index is -0.936. The maximum Gasteiger partial charge on any atom is 0.245 e. The van der Waals surface area contributed by atoms with Crippen molar-refractivity contribution < 1.29 is 24.2 Å². The van der Waals surface area contributed by atoms with Crippen LogP contribution in [-0.4, -0.2) is 71.2 Å². The SMILES string of the molecule is CCCCNC(=O)C1N(CCCCCO)C(=O)[C@@H]2[C@@H](C(=O)NCCC)[C@@]3(CC)CCC12O3. The molecule has 3 amide bonds. The third kappa shape index (κ3) is 4.16. The van der Waals surface area contributed by atoms with Crippen molar-refractivity contribution in [3.05, 3.63) is 0 Å². The number of carbonyl (C=O) groups is 3. The molecule has 3 saturated heterocycles. The van der Waals surface area contributed by atoms with Crippen molar-refractivity contribution in [3.8, 4) is 0 Å². The normalized spacial score (nSPS) is 32.9. The highest BCUT2D eigenvalue weighted by Gasteiger charge is 2.78. The van der Waals surface area contributed by atoms with Crippen LogP contribution in [0.3, 0.4) is 0 Å². The smallest absolute Gasteiger partial charge is 0.245 e. The summed E-state index contributed by atoms with van der Waals surface area (Å²) in [5.41, 5.74) is -1.61. The molecule has 0 aromatic rings. The highest BCUT2D eigenvalue weighted by atomic mass is 16.5. The van der Waals surface area contributed by atoms with Crippen molar-refractivity contribution in [2.24, 2.45) is 11.8 Å². The highest BCUT2D eigenvalue weighted by molar-refractivity contribution is 5.99. The van der Waals surface area contributed by atoms with Gasteiger partial charge in [0.2, 0.25) is 17.7 Å². The lowest BCUT2D eigenvalue weighted by Gasteiger charge is -2.34. The molecule has 0 aromatic carbocycles. The molecule has 2 bridgehead atoms. The third-order valence-electron chi connectivity index (χ3n) is 7.65. The van der Waals surface area contributed by atoms with Gasteiger partial charge in [0.1, 0.15) is 11.6 Å². The molecule has 0 aromatic heterocycles. The number of hydrogen-bond acceptors (Lipinski definition) is 5. The van der Waals surface area contributed by atoms with Gasteiger partial charge in [0.15, 0.2) is 0 Å². The van der Waals surface area contributed by atoms with Gasteiger partial charge in [-0.25, -0.2) is 0 Å². The predicted octanol–water partition coefficient (Wildman–Crippen LogP) is 1.75.